The van der Waals surface area contributed by atoms with Crippen LogP contribution < -0.4 is 5.32 Å². The number of rotatable bonds is 2. The van der Waals surface area contributed by atoms with Gasteiger partial charge in [0.05, 0.1) is 6.26 Å². The molecule has 82 valence electrons. The SMILES string of the molecule is c1cc2c(o1)CCC[C@H]2NC1CCCC1. The van der Waals surface area contributed by atoms with Gasteiger partial charge in [0.25, 0.3) is 0 Å². The lowest BCUT2D eigenvalue weighted by Crippen LogP contribution is -2.32. The highest BCUT2D eigenvalue weighted by Gasteiger charge is 2.25. The molecule has 0 bridgehead atoms. The summed E-state index contributed by atoms with van der Waals surface area (Å²) < 4.78 is 5.51. The Morgan fingerprint density at radius 2 is 2.00 bits per heavy atom. The molecule has 1 heterocycles. The zero-order valence-corrected chi connectivity index (χ0v) is 9.17. The molecule has 0 radical (unpaired) electrons. The van der Waals surface area contributed by atoms with E-state index in [9.17, 15) is 0 Å². The lowest BCUT2D eigenvalue weighted by Gasteiger charge is -2.26. The fourth-order valence-electron chi connectivity index (χ4n) is 3.04. The number of hydrogen-bond donors (Lipinski definition) is 1. The van der Waals surface area contributed by atoms with Crippen LogP contribution in [0.5, 0.6) is 0 Å². The Labute approximate surface area is 91.0 Å². The Balaban J connectivity index is 1.72. The van der Waals surface area contributed by atoms with Gasteiger partial charge < -0.3 is 9.73 Å². The van der Waals surface area contributed by atoms with Gasteiger partial charge in [-0.25, -0.2) is 0 Å². The van der Waals surface area contributed by atoms with Crippen LogP contribution in [0.3, 0.4) is 0 Å². The average molecular weight is 205 g/mol. The second-order valence-electron chi connectivity index (χ2n) is 4.89. The molecule has 2 nitrogen and oxygen atoms in total. The molecule has 1 atom stereocenters. The fraction of sp³-hybridized carbons (Fsp3) is 0.692. The van der Waals surface area contributed by atoms with Crippen LogP contribution in [-0.2, 0) is 6.42 Å². The summed E-state index contributed by atoms with van der Waals surface area (Å²) in [6, 6.07) is 3.48. The van der Waals surface area contributed by atoms with E-state index < -0.39 is 0 Å². The third-order valence-corrected chi connectivity index (χ3v) is 3.84. The summed E-state index contributed by atoms with van der Waals surface area (Å²) in [4.78, 5) is 0. The van der Waals surface area contributed by atoms with Crippen molar-refractivity contribution in [2.24, 2.45) is 0 Å². The van der Waals surface area contributed by atoms with Crippen LogP contribution in [0.15, 0.2) is 16.7 Å². The maximum absolute atomic E-state index is 5.51. The van der Waals surface area contributed by atoms with Crippen molar-refractivity contribution in [3.63, 3.8) is 0 Å². The molecular weight excluding hydrogens is 186 g/mol. The van der Waals surface area contributed by atoms with Crippen molar-refractivity contribution in [3.05, 3.63) is 23.7 Å². The molecule has 2 aliphatic carbocycles. The first-order valence-electron chi connectivity index (χ1n) is 6.26. The molecule has 1 N–H and O–H groups in total. The Hall–Kier alpha value is -0.760. The lowest BCUT2D eigenvalue weighted by molar-refractivity contribution is 0.374. The van der Waals surface area contributed by atoms with Gasteiger partial charge in [0.1, 0.15) is 5.76 Å². The first-order chi connectivity index (χ1) is 7.43. The van der Waals surface area contributed by atoms with Gasteiger partial charge in [-0.05, 0) is 31.7 Å². The standard InChI is InChI=1S/C13H19NO/c1-2-5-10(4-1)14-12-6-3-7-13-11(12)8-9-15-13/h8-10,12,14H,1-7H2/t12-/m1/s1. The van der Waals surface area contributed by atoms with E-state index in [0.717, 1.165) is 12.5 Å². The molecule has 0 aliphatic heterocycles. The second kappa shape index (κ2) is 4.01. The van der Waals surface area contributed by atoms with E-state index in [4.69, 9.17) is 4.42 Å². The van der Waals surface area contributed by atoms with Crippen molar-refractivity contribution in [3.8, 4) is 0 Å². The average Bonchev–Trinajstić information content (AvgIpc) is 2.87. The van der Waals surface area contributed by atoms with Gasteiger partial charge in [-0.1, -0.05) is 12.8 Å². The molecule has 1 fully saturated rings. The summed E-state index contributed by atoms with van der Waals surface area (Å²) in [7, 11) is 0. The number of aryl methyl sites for hydroxylation is 1. The van der Waals surface area contributed by atoms with Crippen LogP contribution in [0, 0.1) is 0 Å². The molecular formula is C13H19NO. The number of nitrogens with one attached hydrogen (secondary N) is 1. The molecule has 15 heavy (non-hydrogen) atoms. The molecule has 0 unspecified atom stereocenters. The maximum atomic E-state index is 5.51. The third kappa shape index (κ3) is 1.83. The highest BCUT2D eigenvalue weighted by Crippen LogP contribution is 2.32. The topological polar surface area (TPSA) is 25.2 Å². The van der Waals surface area contributed by atoms with Gasteiger partial charge in [0, 0.05) is 24.1 Å². The van der Waals surface area contributed by atoms with Crippen LogP contribution in [-0.4, -0.2) is 6.04 Å². The van der Waals surface area contributed by atoms with E-state index in [0.29, 0.717) is 6.04 Å². The summed E-state index contributed by atoms with van der Waals surface area (Å²) in [5.74, 6) is 1.22. The Morgan fingerprint density at radius 3 is 2.87 bits per heavy atom. The summed E-state index contributed by atoms with van der Waals surface area (Å²) in [6.45, 7) is 0. The number of fused-ring (bicyclic) bond motifs is 1. The molecule has 0 saturated heterocycles. The number of hydrogen-bond acceptors (Lipinski definition) is 2. The minimum atomic E-state index is 0.565. The predicted octanol–water partition coefficient (Wildman–Crippen LogP) is 3.19. The first-order valence-corrected chi connectivity index (χ1v) is 6.26. The quantitative estimate of drug-likeness (QED) is 0.802. The van der Waals surface area contributed by atoms with Gasteiger partial charge in [0.15, 0.2) is 0 Å². The first kappa shape index (κ1) is 9.46. The van der Waals surface area contributed by atoms with Crippen LogP contribution in [0.25, 0.3) is 0 Å². The van der Waals surface area contributed by atoms with Crippen molar-refractivity contribution < 1.29 is 4.42 Å². The lowest BCUT2D eigenvalue weighted by atomic mass is 9.93. The van der Waals surface area contributed by atoms with Gasteiger partial charge in [0.2, 0.25) is 0 Å². The van der Waals surface area contributed by atoms with Crippen molar-refractivity contribution in [2.45, 2.75) is 57.0 Å². The van der Waals surface area contributed by atoms with E-state index in [-0.39, 0.29) is 0 Å². The van der Waals surface area contributed by atoms with Crippen molar-refractivity contribution in [2.75, 3.05) is 0 Å². The summed E-state index contributed by atoms with van der Waals surface area (Å²) >= 11 is 0. The molecule has 3 rings (SSSR count). The highest BCUT2D eigenvalue weighted by atomic mass is 16.3. The zero-order chi connectivity index (χ0) is 10.1. The largest absolute Gasteiger partial charge is 0.469 e. The Morgan fingerprint density at radius 1 is 1.13 bits per heavy atom. The third-order valence-electron chi connectivity index (χ3n) is 3.84. The van der Waals surface area contributed by atoms with Crippen molar-refractivity contribution in [1.29, 1.82) is 0 Å². The van der Waals surface area contributed by atoms with Crippen molar-refractivity contribution in [1.82, 2.24) is 5.32 Å². The van der Waals surface area contributed by atoms with E-state index >= 15 is 0 Å². The second-order valence-corrected chi connectivity index (χ2v) is 4.89. The number of furan rings is 1. The molecule has 0 amide bonds. The Bertz CT molecular complexity index is 325. The van der Waals surface area contributed by atoms with E-state index in [1.54, 1.807) is 0 Å². The van der Waals surface area contributed by atoms with Gasteiger partial charge in [-0.15, -0.1) is 0 Å². The highest BCUT2D eigenvalue weighted by molar-refractivity contribution is 5.24. The van der Waals surface area contributed by atoms with Crippen LogP contribution in [0.2, 0.25) is 0 Å². The molecule has 2 heteroatoms. The van der Waals surface area contributed by atoms with E-state index in [2.05, 4.69) is 11.4 Å². The van der Waals surface area contributed by atoms with Crippen molar-refractivity contribution >= 4 is 0 Å². The summed E-state index contributed by atoms with van der Waals surface area (Å²) in [6.07, 6.45) is 11.1. The monoisotopic (exact) mass is 205 g/mol. The van der Waals surface area contributed by atoms with Gasteiger partial charge in [-0.2, -0.15) is 0 Å². The zero-order valence-electron chi connectivity index (χ0n) is 9.17. The molecule has 2 aliphatic rings. The van der Waals surface area contributed by atoms with Gasteiger partial charge in [-0.3, -0.25) is 0 Å². The minimum Gasteiger partial charge on any atom is -0.469 e. The Kier molecular flexibility index (Phi) is 2.53. The smallest absolute Gasteiger partial charge is 0.108 e. The predicted molar refractivity (Wildman–Crippen MR) is 59.8 cm³/mol. The molecule has 0 spiro atoms. The van der Waals surface area contributed by atoms with Crippen LogP contribution in [0.4, 0.5) is 0 Å². The van der Waals surface area contributed by atoms with E-state index in [1.165, 1.54) is 49.8 Å². The normalized spacial score (nSPS) is 26.8. The summed E-state index contributed by atoms with van der Waals surface area (Å²) in [5, 5.41) is 3.80. The summed E-state index contributed by atoms with van der Waals surface area (Å²) in [5.41, 5.74) is 1.42. The molecule has 1 aromatic rings. The van der Waals surface area contributed by atoms with Crippen LogP contribution >= 0.6 is 0 Å². The maximum Gasteiger partial charge on any atom is 0.108 e. The fourth-order valence-corrected chi connectivity index (χ4v) is 3.04. The molecule has 1 aromatic heterocycles. The van der Waals surface area contributed by atoms with Gasteiger partial charge >= 0.3 is 0 Å². The van der Waals surface area contributed by atoms with Crippen LogP contribution in [0.1, 0.15) is 55.9 Å². The minimum absolute atomic E-state index is 0.565. The molecule has 1 saturated carbocycles. The van der Waals surface area contributed by atoms with E-state index in [1.807, 2.05) is 6.26 Å². The molecule has 0 aromatic carbocycles.